The van der Waals surface area contributed by atoms with E-state index < -0.39 is 23.3 Å². The minimum absolute atomic E-state index is 0.206. The Morgan fingerprint density at radius 2 is 1.15 bits per heavy atom. The van der Waals surface area contributed by atoms with Crippen molar-refractivity contribution in [2.45, 2.75) is 64.8 Å². The summed E-state index contributed by atoms with van der Waals surface area (Å²) in [5, 5.41) is 22.1. The van der Waals surface area contributed by atoms with Crippen LogP contribution in [-0.2, 0) is 22.9 Å². The molecule has 0 spiro atoms. The quantitative estimate of drug-likeness (QED) is 0.0600. The minimum atomic E-state index is -1.59. The van der Waals surface area contributed by atoms with Crippen LogP contribution in [0.5, 0.6) is 0 Å². The van der Waals surface area contributed by atoms with E-state index >= 15 is 0 Å². The molecule has 0 atom stereocenters. The number of aromatic nitrogens is 8. The Bertz CT molecular complexity index is 2130. The van der Waals surface area contributed by atoms with Crippen LogP contribution in [0.4, 0.5) is 11.9 Å². The SMILES string of the molecule is C[Si](C)(C)CCOCn1c(-c2ccnc(N)n2)cc2c(Cl)ccnc21.C[Si](C)(C)CCOCn1c(B(O)O)cc2c(Cl)ccnc21.Nc1nccc(Cl)n1. The van der Waals surface area contributed by atoms with Crippen LogP contribution in [0, 0.1) is 0 Å². The zero-order valence-corrected chi connectivity index (χ0v) is 35.4. The number of pyridine rings is 2. The molecule has 288 valence electrons. The zero-order valence-electron chi connectivity index (χ0n) is 31.2. The van der Waals surface area contributed by atoms with Crippen molar-refractivity contribution in [3.63, 3.8) is 0 Å². The van der Waals surface area contributed by atoms with E-state index in [9.17, 15) is 10.0 Å². The number of hydrogen-bond acceptors (Lipinski definition) is 12. The molecule has 20 heteroatoms. The summed E-state index contributed by atoms with van der Waals surface area (Å²) in [4.78, 5) is 24.2. The number of nitrogens with two attached hydrogens (primary N) is 2. The van der Waals surface area contributed by atoms with Gasteiger partial charge in [0.2, 0.25) is 11.9 Å². The molecular weight excluding hydrogens is 786 g/mol. The fourth-order valence-electron chi connectivity index (χ4n) is 4.88. The molecule has 6 N–H and O–H groups in total. The third kappa shape index (κ3) is 12.7. The second-order valence-corrected chi connectivity index (χ2v) is 27.1. The largest absolute Gasteiger partial charge is 0.506 e. The topological polar surface area (TPSA) is 198 Å². The third-order valence-electron chi connectivity index (χ3n) is 7.79. The molecule has 0 amide bonds. The summed E-state index contributed by atoms with van der Waals surface area (Å²) >= 11 is 17.9. The predicted octanol–water partition coefficient (Wildman–Crippen LogP) is 6.44. The highest BCUT2D eigenvalue weighted by atomic mass is 35.5. The fraction of sp³-hybridized carbons (Fsp3) is 0.353. The Labute approximate surface area is 332 Å². The number of nitrogens with zero attached hydrogens (tertiary/aromatic N) is 8. The van der Waals surface area contributed by atoms with Gasteiger partial charge in [0, 0.05) is 64.9 Å². The van der Waals surface area contributed by atoms with Gasteiger partial charge in [-0.25, -0.2) is 29.9 Å². The van der Waals surface area contributed by atoms with Gasteiger partial charge in [0.25, 0.3) is 0 Å². The van der Waals surface area contributed by atoms with Gasteiger partial charge in [-0.2, -0.15) is 0 Å². The lowest BCUT2D eigenvalue weighted by molar-refractivity contribution is 0.0908. The van der Waals surface area contributed by atoms with Gasteiger partial charge in [-0.3, -0.25) is 4.57 Å². The first-order chi connectivity index (χ1) is 25.4. The number of rotatable bonds is 12. The van der Waals surface area contributed by atoms with Crippen molar-refractivity contribution in [3.8, 4) is 11.4 Å². The Morgan fingerprint density at radius 3 is 1.63 bits per heavy atom. The molecule has 0 radical (unpaired) electrons. The summed E-state index contributed by atoms with van der Waals surface area (Å²) < 4.78 is 15.2. The number of fused-ring (bicyclic) bond motifs is 2. The Kier molecular flexibility index (Phi) is 15.4. The normalized spacial score (nSPS) is 11.6. The van der Waals surface area contributed by atoms with Crippen LogP contribution in [0.25, 0.3) is 33.5 Å². The first kappa shape index (κ1) is 43.1. The minimum Gasteiger partial charge on any atom is -0.422 e. The highest BCUT2D eigenvalue weighted by Crippen LogP contribution is 2.30. The molecule has 0 saturated carbocycles. The zero-order chi connectivity index (χ0) is 39.6. The molecular formula is C34H46BCl3N10O4Si2. The second-order valence-electron chi connectivity index (χ2n) is 14.6. The van der Waals surface area contributed by atoms with E-state index in [4.69, 9.17) is 55.7 Å². The molecule has 0 aliphatic heterocycles. The number of halogens is 3. The van der Waals surface area contributed by atoms with E-state index in [1.165, 1.54) is 6.20 Å². The summed E-state index contributed by atoms with van der Waals surface area (Å²) in [5.74, 6) is 0.436. The van der Waals surface area contributed by atoms with Gasteiger partial charge in [0.15, 0.2) is 0 Å². The Hall–Kier alpha value is -3.65. The molecule has 54 heavy (non-hydrogen) atoms. The van der Waals surface area contributed by atoms with E-state index in [0.717, 1.165) is 41.1 Å². The number of ether oxygens (including phenoxy) is 2. The highest BCUT2D eigenvalue weighted by Gasteiger charge is 2.22. The molecule has 0 saturated heterocycles. The van der Waals surface area contributed by atoms with E-state index in [-0.39, 0.29) is 18.6 Å². The van der Waals surface area contributed by atoms with Gasteiger partial charge < -0.3 is 35.6 Å². The van der Waals surface area contributed by atoms with E-state index in [0.29, 0.717) is 45.2 Å². The van der Waals surface area contributed by atoms with Crippen molar-refractivity contribution >= 4 is 97.6 Å². The molecule has 6 heterocycles. The highest BCUT2D eigenvalue weighted by molar-refractivity contribution is 6.76. The van der Waals surface area contributed by atoms with E-state index in [2.05, 4.69) is 69.2 Å². The lowest BCUT2D eigenvalue weighted by Crippen LogP contribution is -2.36. The van der Waals surface area contributed by atoms with Gasteiger partial charge in [0.05, 0.1) is 27.0 Å². The van der Waals surface area contributed by atoms with Crippen LogP contribution in [0.2, 0.25) is 66.6 Å². The molecule has 6 aromatic heterocycles. The van der Waals surface area contributed by atoms with Crippen molar-refractivity contribution in [1.29, 1.82) is 0 Å². The molecule has 0 aromatic carbocycles. The van der Waals surface area contributed by atoms with Crippen molar-refractivity contribution in [1.82, 2.24) is 39.0 Å². The lowest BCUT2D eigenvalue weighted by Gasteiger charge is -2.16. The van der Waals surface area contributed by atoms with E-state index in [1.807, 2.05) is 16.7 Å². The molecule has 0 fully saturated rings. The average Bonchev–Trinajstić information content (AvgIpc) is 3.65. The molecule has 0 aliphatic carbocycles. The van der Waals surface area contributed by atoms with Gasteiger partial charge in [0.1, 0.15) is 29.9 Å². The summed E-state index contributed by atoms with van der Waals surface area (Å²) in [5.41, 5.74) is 14.2. The molecule has 6 rings (SSSR count). The molecule has 0 aliphatic rings. The second kappa shape index (κ2) is 19.3. The summed E-state index contributed by atoms with van der Waals surface area (Å²) in [7, 11) is -3.87. The van der Waals surface area contributed by atoms with Crippen LogP contribution in [-0.4, -0.2) is 85.6 Å². The molecule has 6 aromatic rings. The standard InChI is InChI=1S/C17H22ClN5OSi.C13H20BClN2O3Si.C4H4ClN3/c1-25(2,3)9-8-24-11-23-15(14-5-7-21-17(19)22-14)10-12-13(18)4-6-20-16(12)23;1-21(2,3)7-6-20-9-17-12(14(18)19)8-10-11(15)4-5-16-13(10)17;5-3-1-2-7-4(6)8-3/h4-7,10H,8-9,11H2,1-3H3,(H2,19,21,22);4-5,8,18-19H,6-7,9H2,1-3H3;1-2H,(H2,6,7,8). The molecule has 0 bridgehead atoms. The van der Waals surface area contributed by atoms with Crippen LogP contribution < -0.4 is 17.1 Å². The van der Waals surface area contributed by atoms with Crippen LogP contribution in [0.1, 0.15) is 0 Å². The lowest BCUT2D eigenvalue weighted by atomic mass is 9.86. The first-order valence-electron chi connectivity index (χ1n) is 17.1. The number of nitrogen functional groups attached to an aromatic ring is 2. The summed E-state index contributed by atoms with van der Waals surface area (Å²) in [6, 6.07) is 12.6. The van der Waals surface area contributed by atoms with Crippen LogP contribution in [0.3, 0.4) is 0 Å². The van der Waals surface area contributed by atoms with Crippen molar-refractivity contribution in [2.24, 2.45) is 0 Å². The summed E-state index contributed by atoms with van der Waals surface area (Å²) in [6.07, 6.45) is 6.43. The maximum atomic E-state index is 9.50. The molecule has 14 nitrogen and oxygen atoms in total. The van der Waals surface area contributed by atoms with Crippen molar-refractivity contribution in [3.05, 3.63) is 76.4 Å². The number of anilines is 2. The monoisotopic (exact) mass is 830 g/mol. The predicted molar refractivity (Wildman–Crippen MR) is 224 cm³/mol. The Balaban J connectivity index is 0.000000202. The fourth-order valence-corrected chi connectivity index (χ4v) is 6.93. The van der Waals surface area contributed by atoms with Gasteiger partial charge in [-0.1, -0.05) is 74.1 Å². The van der Waals surface area contributed by atoms with Crippen molar-refractivity contribution in [2.75, 3.05) is 24.7 Å². The van der Waals surface area contributed by atoms with E-state index in [1.54, 1.807) is 47.4 Å². The van der Waals surface area contributed by atoms with Gasteiger partial charge in [-0.05, 0) is 48.5 Å². The van der Waals surface area contributed by atoms with Crippen LogP contribution in [0.15, 0.2) is 61.2 Å². The summed E-state index contributed by atoms with van der Waals surface area (Å²) in [6.45, 7) is 15.8. The first-order valence-corrected chi connectivity index (χ1v) is 25.6. The Morgan fingerprint density at radius 1 is 0.667 bits per heavy atom. The third-order valence-corrected chi connectivity index (χ3v) is 12.1. The van der Waals surface area contributed by atoms with Crippen LogP contribution >= 0.6 is 34.8 Å². The maximum absolute atomic E-state index is 9.50. The maximum Gasteiger partial charge on any atom is 0.506 e. The van der Waals surface area contributed by atoms with Gasteiger partial charge >= 0.3 is 7.12 Å². The average molecular weight is 832 g/mol. The number of hydrogen-bond donors (Lipinski definition) is 4. The van der Waals surface area contributed by atoms with Gasteiger partial charge in [-0.15, -0.1) is 0 Å². The van der Waals surface area contributed by atoms with Crippen molar-refractivity contribution < 1.29 is 19.5 Å². The smallest absolute Gasteiger partial charge is 0.422 e. The molecule has 0 unspecified atom stereocenters.